The predicted molar refractivity (Wildman–Crippen MR) is 61.0 cm³/mol. The Balaban J connectivity index is 2.60. The van der Waals surface area contributed by atoms with E-state index in [1.165, 1.54) is 0 Å². The van der Waals surface area contributed by atoms with Crippen molar-refractivity contribution in [3.63, 3.8) is 0 Å². The highest BCUT2D eigenvalue weighted by atomic mass is 35.5. The number of rotatable bonds is 4. The smallest absolute Gasteiger partial charge is 0.250 e. The summed E-state index contributed by atoms with van der Waals surface area (Å²) < 4.78 is 4.95. The topological polar surface area (TPSA) is 64.3 Å². The molecule has 0 aromatic heterocycles. The summed E-state index contributed by atoms with van der Waals surface area (Å²) >= 11 is 5.72. The Morgan fingerprint density at radius 2 is 2.33 bits per heavy atom. The van der Waals surface area contributed by atoms with Gasteiger partial charge in [-0.2, -0.15) is 0 Å². The van der Waals surface area contributed by atoms with Crippen molar-refractivity contribution in [2.24, 2.45) is 0 Å². The molecule has 0 bridgehead atoms. The highest BCUT2D eigenvalue weighted by Gasteiger charge is 2.04. The number of ether oxygens (including phenoxy) is 1. The fraction of sp³-hybridized carbons (Fsp3) is 0.300. The molecule has 82 valence electrons. The summed E-state index contributed by atoms with van der Waals surface area (Å²) in [4.78, 5) is 11.3. The number of nitrogens with two attached hydrogens (primary N) is 1. The molecule has 1 aromatic rings. The molecule has 1 aromatic carbocycles. The zero-order valence-electron chi connectivity index (χ0n) is 8.42. The average Bonchev–Trinajstić information content (AvgIpc) is 2.19. The van der Waals surface area contributed by atoms with Crippen molar-refractivity contribution in [1.82, 2.24) is 0 Å². The van der Waals surface area contributed by atoms with Gasteiger partial charge in [0.1, 0.15) is 6.61 Å². The van der Waals surface area contributed by atoms with Crippen LogP contribution in [-0.2, 0) is 9.53 Å². The number of amides is 1. The van der Waals surface area contributed by atoms with Gasteiger partial charge in [-0.1, -0.05) is 11.6 Å². The molecule has 4 nitrogen and oxygen atoms in total. The lowest BCUT2D eigenvalue weighted by molar-refractivity contribution is -0.120. The minimum atomic E-state index is -0.231. The lowest BCUT2D eigenvalue weighted by Crippen LogP contribution is -2.18. The van der Waals surface area contributed by atoms with Gasteiger partial charge < -0.3 is 15.8 Å². The van der Waals surface area contributed by atoms with Crippen molar-refractivity contribution >= 4 is 28.9 Å². The Bertz CT molecular complexity index is 355. The van der Waals surface area contributed by atoms with E-state index in [4.69, 9.17) is 22.1 Å². The van der Waals surface area contributed by atoms with Crippen molar-refractivity contribution in [2.75, 3.05) is 24.3 Å². The zero-order chi connectivity index (χ0) is 11.3. The molecule has 0 radical (unpaired) electrons. The largest absolute Gasteiger partial charge is 0.397 e. The minimum absolute atomic E-state index is 0.0264. The van der Waals surface area contributed by atoms with Crippen LogP contribution in [0.2, 0.25) is 5.02 Å². The van der Waals surface area contributed by atoms with Gasteiger partial charge in [0.25, 0.3) is 0 Å². The van der Waals surface area contributed by atoms with E-state index in [0.717, 1.165) is 0 Å². The second-order valence-electron chi connectivity index (χ2n) is 2.92. The van der Waals surface area contributed by atoms with Crippen molar-refractivity contribution < 1.29 is 9.53 Å². The summed E-state index contributed by atoms with van der Waals surface area (Å²) in [5, 5.41) is 3.16. The highest BCUT2D eigenvalue weighted by molar-refractivity contribution is 6.31. The first-order chi connectivity index (χ1) is 7.13. The Morgan fingerprint density at radius 3 is 2.93 bits per heavy atom. The molecule has 0 aliphatic carbocycles. The SMILES string of the molecule is CCOCC(=O)Nc1ccc(Cl)cc1N. The summed E-state index contributed by atoms with van der Waals surface area (Å²) in [5.74, 6) is -0.231. The summed E-state index contributed by atoms with van der Waals surface area (Å²) in [5.41, 5.74) is 6.64. The number of hydrogen-bond acceptors (Lipinski definition) is 3. The van der Waals surface area contributed by atoms with E-state index in [-0.39, 0.29) is 12.5 Å². The van der Waals surface area contributed by atoms with Gasteiger partial charge in [-0.25, -0.2) is 0 Å². The average molecular weight is 229 g/mol. The Kier molecular flexibility index (Phi) is 4.39. The Morgan fingerprint density at radius 1 is 1.60 bits per heavy atom. The van der Waals surface area contributed by atoms with Crippen LogP contribution in [0.1, 0.15) is 6.92 Å². The van der Waals surface area contributed by atoms with Crippen LogP contribution in [0.25, 0.3) is 0 Å². The van der Waals surface area contributed by atoms with E-state index in [9.17, 15) is 4.79 Å². The number of carbonyl (C=O) groups excluding carboxylic acids is 1. The molecular weight excluding hydrogens is 216 g/mol. The standard InChI is InChI=1S/C10H13ClN2O2/c1-2-15-6-10(14)13-9-4-3-7(11)5-8(9)12/h3-5H,2,6,12H2,1H3,(H,13,14). The molecule has 15 heavy (non-hydrogen) atoms. The summed E-state index contributed by atoms with van der Waals surface area (Å²) in [6.07, 6.45) is 0. The quantitative estimate of drug-likeness (QED) is 0.774. The number of carbonyl (C=O) groups is 1. The maximum atomic E-state index is 11.3. The van der Waals surface area contributed by atoms with Crippen molar-refractivity contribution in [2.45, 2.75) is 6.92 Å². The molecule has 1 amide bonds. The molecule has 5 heteroatoms. The second-order valence-corrected chi connectivity index (χ2v) is 3.35. The van der Waals surface area contributed by atoms with Gasteiger partial charge >= 0.3 is 0 Å². The van der Waals surface area contributed by atoms with Crippen LogP contribution in [0.4, 0.5) is 11.4 Å². The Labute approximate surface area is 93.4 Å². The molecule has 0 saturated heterocycles. The number of nitrogens with one attached hydrogen (secondary N) is 1. The van der Waals surface area contributed by atoms with E-state index < -0.39 is 0 Å². The molecule has 0 heterocycles. The van der Waals surface area contributed by atoms with Crippen molar-refractivity contribution in [3.05, 3.63) is 23.2 Å². The van der Waals surface area contributed by atoms with Gasteiger partial charge in [0.05, 0.1) is 11.4 Å². The maximum Gasteiger partial charge on any atom is 0.250 e. The molecule has 1 rings (SSSR count). The first kappa shape index (κ1) is 11.8. The molecule has 0 aliphatic rings. The number of anilines is 2. The van der Waals surface area contributed by atoms with Crippen LogP contribution in [0.5, 0.6) is 0 Å². The predicted octanol–water partition coefficient (Wildman–Crippen LogP) is 1.90. The number of halogens is 1. The number of benzene rings is 1. The molecule has 0 aliphatic heterocycles. The molecule has 0 saturated carbocycles. The van der Waals surface area contributed by atoms with E-state index >= 15 is 0 Å². The van der Waals surface area contributed by atoms with Crippen LogP contribution in [0.15, 0.2) is 18.2 Å². The van der Waals surface area contributed by atoms with E-state index in [0.29, 0.717) is 23.0 Å². The monoisotopic (exact) mass is 228 g/mol. The third kappa shape index (κ3) is 3.77. The Hall–Kier alpha value is -1.26. The van der Waals surface area contributed by atoms with E-state index in [2.05, 4.69) is 5.32 Å². The third-order valence-electron chi connectivity index (χ3n) is 1.72. The first-order valence-electron chi connectivity index (χ1n) is 4.56. The zero-order valence-corrected chi connectivity index (χ0v) is 9.17. The lowest BCUT2D eigenvalue weighted by atomic mass is 10.2. The first-order valence-corrected chi connectivity index (χ1v) is 4.94. The fourth-order valence-electron chi connectivity index (χ4n) is 1.03. The summed E-state index contributed by atoms with van der Waals surface area (Å²) in [6.45, 7) is 2.35. The maximum absolute atomic E-state index is 11.3. The minimum Gasteiger partial charge on any atom is -0.397 e. The number of nitrogen functional groups attached to an aromatic ring is 1. The third-order valence-corrected chi connectivity index (χ3v) is 1.96. The molecule has 0 unspecified atom stereocenters. The van der Waals surface area contributed by atoms with Gasteiger partial charge in [-0.3, -0.25) is 4.79 Å². The van der Waals surface area contributed by atoms with E-state index in [1.807, 2.05) is 6.92 Å². The lowest BCUT2D eigenvalue weighted by Gasteiger charge is -2.08. The second kappa shape index (κ2) is 5.58. The van der Waals surface area contributed by atoms with Crippen LogP contribution in [-0.4, -0.2) is 19.1 Å². The van der Waals surface area contributed by atoms with Crippen molar-refractivity contribution in [3.8, 4) is 0 Å². The van der Waals surface area contributed by atoms with Crippen LogP contribution in [0.3, 0.4) is 0 Å². The molecule has 3 N–H and O–H groups in total. The van der Waals surface area contributed by atoms with Gasteiger partial charge in [0.15, 0.2) is 0 Å². The van der Waals surface area contributed by atoms with Crippen LogP contribution >= 0.6 is 11.6 Å². The highest BCUT2D eigenvalue weighted by Crippen LogP contribution is 2.22. The summed E-state index contributed by atoms with van der Waals surface area (Å²) in [7, 11) is 0. The van der Waals surface area contributed by atoms with Crippen LogP contribution in [0, 0.1) is 0 Å². The van der Waals surface area contributed by atoms with Gasteiger partial charge in [-0.05, 0) is 25.1 Å². The van der Waals surface area contributed by atoms with Crippen molar-refractivity contribution in [1.29, 1.82) is 0 Å². The normalized spacial score (nSPS) is 10.0. The van der Waals surface area contributed by atoms with Crippen LogP contribution < -0.4 is 11.1 Å². The fourth-order valence-corrected chi connectivity index (χ4v) is 1.21. The summed E-state index contributed by atoms with van der Waals surface area (Å²) in [6, 6.07) is 4.90. The van der Waals surface area contributed by atoms with Gasteiger partial charge in [0.2, 0.25) is 5.91 Å². The van der Waals surface area contributed by atoms with Gasteiger partial charge in [0, 0.05) is 11.6 Å². The molecule has 0 atom stereocenters. The molecule has 0 fully saturated rings. The van der Waals surface area contributed by atoms with Gasteiger partial charge in [-0.15, -0.1) is 0 Å². The molecule has 0 spiro atoms. The van der Waals surface area contributed by atoms with E-state index in [1.54, 1.807) is 18.2 Å². The number of hydrogen-bond donors (Lipinski definition) is 2. The molecular formula is C10H13ClN2O2.